The Labute approximate surface area is 230 Å². The number of benzene rings is 5. The van der Waals surface area contributed by atoms with Gasteiger partial charge >= 0.3 is 0 Å². The highest BCUT2D eigenvalue weighted by atomic mass is 15.1. The normalized spacial score (nSPS) is 14.1. The lowest BCUT2D eigenvalue weighted by Gasteiger charge is -2.30. The molecule has 0 bridgehead atoms. The van der Waals surface area contributed by atoms with Crippen LogP contribution in [0.4, 0.5) is 11.4 Å². The summed E-state index contributed by atoms with van der Waals surface area (Å²) >= 11 is 0. The van der Waals surface area contributed by atoms with Gasteiger partial charge in [-0.2, -0.15) is 0 Å². The maximum atomic E-state index is 2.43. The zero-order valence-corrected chi connectivity index (χ0v) is 21.8. The van der Waals surface area contributed by atoms with Gasteiger partial charge in [-0.15, -0.1) is 0 Å². The van der Waals surface area contributed by atoms with E-state index in [-0.39, 0.29) is 0 Å². The first kappa shape index (κ1) is 23.3. The Hall–Kier alpha value is -4.88. The van der Waals surface area contributed by atoms with E-state index in [9.17, 15) is 0 Å². The number of anilines is 2. The van der Waals surface area contributed by atoms with E-state index in [2.05, 4.69) is 157 Å². The molecule has 0 atom stereocenters. The third kappa shape index (κ3) is 4.43. The van der Waals surface area contributed by atoms with Crippen molar-refractivity contribution in [2.75, 3.05) is 4.90 Å². The number of rotatable bonds is 4. The molecule has 0 fully saturated rings. The van der Waals surface area contributed by atoms with Gasteiger partial charge < -0.3 is 4.90 Å². The van der Waals surface area contributed by atoms with Crippen molar-refractivity contribution in [2.24, 2.45) is 0 Å². The van der Waals surface area contributed by atoms with E-state index in [1.54, 1.807) is 0 Å². The van der Waals surface area contributed by atoms with Crippen molar-refractivity contribution in [3.63, 3.8) is 0 Å². The molecule has 39 heavy (non-hydrogen) atoms. The van der Waals surface area contributed by atoms with Crippen molar-refractivity contribution in [2.45, 2.75) is 12.8 Å². The summed E-state index contributed by atoms with van der Waals surface area (Å²) in [6.07, 6.45) is 13.5. The molecule has 0 saturated heterocycles. The number of hydrogen-bond donors (Lipinski definition) is 0. The molecule has 186 valence electrons. The Bertz CT molecular complexity index is 1740. The second-order valence-corrected chi connectivity index (χ2v) is 10.1. The number of hydrogen-bond acceptors (Lipinski definition) is 1. The highest BCUT2D eigenvalue weighted by Crippen LogP contribution is 2.40. The van der Waals surface area contributed by atoms with E-state index in [0.29, 0.717) is 0 Å². The third-order valence-corrected chi connectivity index (χ3v) is 7.74. The van der Waals surface area contributed by atoms with Crippen LogP contribution in [0.5, 0.6) is 0 Å². The first-order chi connectivity index (χ1) is 19.3. The Morgan fingerprint density at radius 3 is 1.90 bits per heavy atom. The van der Waals surface area contributed by atoms with E-state index in [0.717, 1.165) is 12.8 Å². The van der Waals surface area contributed by atoms with Gasteiger partial charge in [0.05, 0.1) is 5.69 Å². The maximum absolute atomic E-state index is 2.43. The monoisotopic (exact) mass is 499 g/mol. The molecule has 0 spiro atoms. The fourth-order valence-electron chi connectivity index (χ4n) is 5.83. The molecule has 0 aliphatic heterocycles. The zero-order valence-electron chi connectivity index (χ0n) is 21.8. The summed E-state index contributed by atoms with van der Waals surface area (Å²) in [5.41, 5.74) is 11.5. The van der Waals surface area contributed by atoms with Crippen molar-refractivity contribution in [1.29, 1.82) is 0 Å². The summed E-state index contributed by atoms with van der Waals surface area (Å²) in [5, 5.41) is 2.52. The zero-order chi connectivity index (χ0) is 26.0. The van der Waals surface area contributed by atoms with E-state index >= 15 is 0 Å². The van der Waals surface area contributed by atoms with Crippen molar-refractivity contribution in [1.82, 2.24) is 0 Å². The molecule has 0 aromatic heterocycles. The summed E-state index contributed by atoms with van der Waals surface area (Å²) in [7, 11) is 0. The van der Waals surface area contributed by atoms with Crippen LogP contribution in [0.1, 0.15) is 35.1 Å². The van der Waals surface area contributed by atoms with Crippen molar-refractivity contribution >= 4 is 39.9 Å². The van der Waals surface area contributed by atoms with Crippen LogP contribution in [0.3, 0.4) is 0 Å². The predicted molar refractivity (Wildman–Crippen MR) is 167 cm³/mol. The molecule has 0 amide bonds. The van der Waals surface area contributed by atoms with Crippen LogP contribution in [-0.4, -0.2) is 0 Å². The van der Waals surface area contributed by atoms with Gasteiger partial charge in [-0.3, -0.25) is 0 Å². The van der Waals surface area contributed by atoms with Crippen LogP contribution >= 0.6 is 0 Å². The molecule has 0 saturated carbocycles. The van der Waals surface area contributed by atoms with Gasteiger partial charge in [0.15, 0.2) is 0 Å². The molecule has 2 aliphatic carbocycles. The molecule has 0 unspecified atom stereocenters. The highest BCUT2D eigenvalue weighted by molar-refractivity contribution is 5.97. The second kappa shape index (κ2) is 10.1. The van der Waals surface area contributed by atoms with Crippen LogP contribution in [0.25, 0.3) is 28.5 Å². The fraction of sp³-hybridized carbons (Fsp3) is 0.0526. The van der Waals surface area contributed by atoms with Gasteiger partial charge in [0.1, 0.15) is 0 Å². The highest BCUT2D eigenvalue weighted by Gasteiger charge is 2.20. The minimum atomic E-state index is 0.968. The van der Waals surface area contributed by atoms with Crippen molar-refractivity contribution < 1.29 is 0 Å². The standard InChI is InChI=1S/C38H29N/c1-2-15-32(16-3-1)39(38-20-10-14-29-11-6-9-19-36(29)38)33-25-21-28(22-26-33)27-37-34-17-7-4-12-30(34)23-24-31-13-5-8-18-35(31)37/h1-21,23-25,27H,22,26H2. The van der Waals surface area contributed by atoms with Crippen molar-refractivity contribution in [3.8, 4) is 0 Å². The molecular weight excluding hydrogens is 470 g/mol. The SMILES string of the molecule is C1=Cc2ccccc2C(=CC2=CC=C(N(c3ccccc3)c3cccc4ccccc34)CC2)c2ccccc21. The summed E-state index contributed by atoms with van der Waals surface area (Å²) in [6, 6.07) is 43.4. The number of nitrogens with zero attached hydrogens (tertiary/aromatic N) is 1. The topological polar surface area (TPSA) is 3.24 Å². The Morgan fingerprint density at radius 1 is 0.538 bits per heavy atom. The Morgan fingerprint density at radius 2 is 1.18 bits per heavy atom. The average Bonchev–Trinajstić information content (AvgIpc) is 3.16. The number of fused-ring (bicyclic) bond motifs is 3. The molecule has 5 aromatic carbocycles. The fourth-order valence-corrected chi connectivity index (χ4v) is 5.83. The third-order valence-electron chi connectivity index (χ3n) is 7.74. The largest absolute Gasteiger partial charge is 0.314 e. The van der Waals surface area contributed by atoms with Gasteiger partial charge in [0.2, 0.25) is 0 Å². The number of para-hydroxylation sites is 1. The molecule has 5 aromatic rings. The molecule has 0 N–H and O–H groups in total. The minimum absolute atomic E-state index is 0.968. The van der Waals surface area contributed by atoms with E-state index in [1.165, 1.54) is 61.2 Å². The lowest BCUT2D eigenvalue weighted by molar-refractivity contribution is 0.893. The van der Waals surface area contributed by atoms with E-state index < -0.39 is 0 Å². The van der Waals surface area contributed by atoms with E-state index in [1.807, 2.05) is 0 Å². The Kier molecular flexibility index (Phi) is 6.03. The predicted octanol–water partition coefficient (Wildman–Crippen LogP) is 10.2. The molecule has 0 heterocycles. The molecule has 0 radical (unpaired) electrons. The first-order valence-electron chi connectivity index (χ1n) is 13.7. The summed E-state index contributed by atoms with van der Waals surface area (Å²) in [5.74, 6) is 0. The van der Waals surface area contributed by atoms with Crippen LogP contribution in [0.2, 0.25) is 0 Å². The summed E-state index contributed by atoms with van der Waals surface area (Å²) in [4.78, 5) is 2.43. The van der Waals surface area contributed by atoms with Crippen LogP contribution < -0.4 is 4.90 Å². The van der Waals surface area contributed by atoms with Gasteiger partial charge in [0.25, 0.3) is 0 Å². The Balaban J connectivity index is 1.33. The first-order valence-corrected chi connectivity index (χ1v) is 13.7. The average molecular weight is 500 g/mol. The van der Waals surface area contributed by atoms with Gasteiger partial charge in [-0.05, 0) is 75.9 Å². The molecule has 2 aliphatic rings. The van der Waals surface area contributed by atoms with Crippen LogP contribution in [0.15, 0.2) is 151 Å². The van der Waals surface area contributed by atoms with Gasteiger partial charge in [-0.25, -0.2) is 0 Å². The van der Waals surface area contributed by atoms with Crippen LogP contribution in [0, 0.1) is 0 Å². The lowest BCUT2D eigenvalue weighted by atomic mass is 9.90. The lowest BCUT2D eigenvalue weighted by Crippen LogP contribution is -2.18. The van der Waals surface area contributed by atoms with Gasteiger partial charge in [0, 0.05) is 16.8 Å². The van der Waals surface area contributed by atoms with E-state index in [4.69, 9.17) is 0 Å². The second-order valence-electron chi connectivity index (χ2n) is 10.1. The van der Waals surface area contributed by atoms with Gasteiger partial charge in [-0.1, -0.05) is 127 Å². The minimum Gasteiger partial charge on any atom is -0.314 e. The molecule has 1 nitrogen and oxygen atoms in total. The molecular formula is C38H29N. The summed E-state index contributed by atoms with van der Waals surface area (Å²) < 4.78 is 0. The molecule has 7 rings (SSSR count). The molecule has 1 heteroatoms. The summed E-state index contributed by atoms with van der Waals surface area (Å²) in [6.45, 7) is 0. The maximum Gasteiger partial charge on any atom is 0.0536 e. The quantitative estimate of drug-likeness (QED) is 0.233. The van der Waals surface area contributed by atoms with Crippen LogP contribution in [-0.2, 0) is 0 Å². The number of allylic oxidation sites excluding steroid dienone is 5. The smallest absolute Gasteiger partial charge is 0.0536 e. The van der Waals surface area contributed by atoms with Crippen molar-refractivity contribution in [3.05, 3.63) is 173 Å².